The van der Waals surface area contributed by atoms with E-state index in [-0.39, 0.29) is 17.1 Å². The molecule has 1 fully saturated rings. The van der Waals surface area contributed by atoms with E-state index >= 15 is 0 Å². The number of carboxylic acids is 1. The predicted octanol–water partition coefficient (Wildman–Crippen LogP) is 1.52. The van der Waals surface area contributed by atoms with Crippen LogP contribution in [0.3, 0.4) is 0 Å². The first-order valence-electron chi connectivity index (χ1n) is 6.67. The van der Waals surface area contributed by atoms with Crippen molar-refractivity contribution in [3.8, 4) is 0 Å². The summed E-state index contributed by atoms with van der Waals surface area (Å²) in [5.41, 5.74) is -0.256. The molecule has 0 aromatic rings. The van der Waals surface area contributed by atoms with Crippen molar-refractivity contribution in [2.75, 3.05) is 31.8 Å². The monoisotopic (exact) mass is 289 g/mol. The molecule has 0 aromatic heterocycles. The molecule has 1 saturated carbocycles. The van der Waals surface area contributed by atoms with Crippen molar-refractivity contribution >= 4 is 23.6 Å². The highest BCUT2D eigenvalue weighted by Crippen LogP contribution is 2.41. The van der Waals surface area contributed by atoms with E-state index in [2.05, 4.69) is 5.32 Å². The van der Waals surface area contributed by atoms with Crippen molar-refractivity contribution in [2.45, 2.75) is 32.1 Å². The minimum absolute atomic E-state index is 0.0880. The van der Waals surface area contributed by atoms with Crippen LogP contribution in [0.4, 0.5) is 0 Å². The normalized spacial score (nSPS) is 17.3. The Labute approximate surface area is 118 Å². The van der Waals surface area contributed by atoms with Crippen LogP contribution in [-0.4, -0.2) is 48.8 Å². The van der Waals surface area contributed by atoms with Crippen molar-refractivity contribution < 1.29 is 19.4 Å². The molecule has 0 saturated heterocycles. The molecule has 5 nitrogen and oxygen atoms in total. The van der Waals surface area contributed by atoms with Gasteiger partial charge in [0.05, 0.1) is 11.2 Å². The Morgan fingerprint density at radius 2 is 2.05 bits per heavy atom. The van der Waals surface area contributed by atoms with Crippen LogP contribution >= 0.6 is 11.8 Å². The maximum absolute atomic E-state index is 12.3. The number of hydrogen-bond donors (Lipinski definition) is 2. The summed E-state index contributed by atoms with van der Waals surface area (Å²) >= 11 is 1.32. The third kappa shape index (κ3) is 5.40. The maximum atomic E-state index is 12.3. The van der Waals surface area contributed by atoms with Crippen LogP contribution < -0.4 is 5.32 Å². The highest BCUT2D eigenvalue weighted by atomic mass is 32.2. The minimum Gasteiger partial charge on any atom is -0.481 e. The Bertz CT molecular complexity index is 303. The minimum atomic E-state index is -0.816. The molecule has 0 bridgehead atoms. The van der Waals surface area contributed by atoms with E-state index in [9.17, 15) is 9.59 Å². The van der Waals surface area contributed by atoms with Crippen LogP contribution in [0.15, 0.2) is 0 Å². The van der Waals surface area contributed by atoms with Crippen LogP contribution in [0.25, 0.3) is 0 Å². The van der Waals surface area contributed by atoms with Gasteiger partial charge in [0, 0.05) is 26.0 Å². The summed E-state index contributed by atoms with van der Waals surface area (Å²) in [6.07, 6.45) is 4.85. The Morgan fingerprint density at radius 1 is 1.37 bits per heavy atom. The van der Waals surface area contributed by atoms with Crippen molar-refractivity contribution in [1.82, 2.24) is 5.32 Å². The molecule has 110 valence electrons. The van der Waals surface area contributed by atoms with Gasteiger partial charge in [0.1, 0.15) is 0 Å². The van der Waals surface area contributed by atoms with E-state index in [0.717, 1.165) is 32.1 Å². The van der Waals surface area contributed by atoms with Crippen molar-refractivity contribution in [1.29, 1.82) is 0 Å². The number of rotatable bonds is 9. The molecular formula is C13H23NO4S. The van der Waals surface area contributed by atoms with E-state index in [0.29, 0.717) is 18.9 Å². The van der Waals surface area contributed by atoms with Crippen LogP contribution in [0.5, 0.6) is 0 Å². The number of methoxy groups -OCH3 is 1. The van der Waals surface area contributed by atoms with Gasteiger partial charge in [-0.2, -0.15) is 0 Å². The fourth-order valence-electron chi connectivity index (χ4n) is 2.52. The Balaban J connectivity index is 2.30. The third-order valence-electron chi connectivity index (χ3n) is 3.58. The van der Waals surface area contributed by atoms with Gasteiger partial charge < -0.3 is 15.2 Å². The molecular weight excluding hydrogens is 266 g/mol. The summed E-state index contributed by atoms with van der Waals surface area (Å²) < 4.78 is 5.10. The lowest BCUT2D eigenvalue weighted by Crippen LogP contribution is -2.41. The summed E-state index contributed by atoms with van der Waals surface area (Å²) in [5.74, 6) is 0.0185. The van der Waals surface area contributed by atoms with Gasteiger partial charge in [-0.1, -0.05) is 12.8 Å². The molecule has 0 radical (unpaired) electrons. The second kappa shape index (κ2) is 8.43. The zero-order valence-electron chi connectivity index (χ0n) is 11.4. The summed E-state index contributed by atoms with van der Waals surface area (Å²) in [5, 5.41) is 11.5. The number of carbonyl (C=O) groups is 2. The lowest BCUT2D eigenvalue weighted by molar-refractivity contribution is -0.134. The lowest BCUT2D eigenvalue weighted by Gasteiger charge is -2.27. The van der Waals surface area contributed by atoms with E-state index in [1.807, 2.05) is 0 Å². The van der Waals surface area contributed by atoms with Crippen LogP contribution in [0, 0.1) is 5.41 Å². The number of nitrogens with one attached hydrogen (secondary N) is 1. The van der Waals surface area contributed by atoms with Gasteiger partial charge >= 0.3 is 5.97 Å². The van der Waals surface area contributed by atoms with Crippen molar-refractivity contribution in [3.63, 3.8) is 0 Å². The largest absolute Gasteiger partial charge is 0.481 e. The summed E-state index contributed by atoms with van der Waals surface area (Å²) in [4.78, 5) is 22.6. The van der Waals surface area contributed by atoms with E-state index in [1.165, 1.54) is 11.8 Å². The molecule has 0 aliphatic heterocycles. The molecule has 0 aromatic carbocycles. The number of ether oxygens (including phenoxy) is 1. The molecule has 2 N–H and O–H groups in total. The predicted molar refractivity (Wildman–Crippen MR) is 75.4 cm³/mol. The first kappa shape index (κ1) is 16.3. The topological polar surface area (TPSA) is 75.6 Å². The quantitative estimate of drug-likeness (QED) is 0.629. The number of carboxylic acid groups (broad SMARTS) is 1. The zero-order valence-corrected chi connectivity index (χ0v) is 12.3. The van der Waals surface area contributed by atoms with Crippen LogP contribution in [-0.2, 0) is 14.3 Å². The molecule has 0 atom stereocenters. The van der Waals surface area contributed by atoms with Crippen LogP contribution in [0.2, 0.25) is 0 Å². The molecule has 1 aliphatic rings. The van der Waals surface area contributed by atoms with Gasteiger partial charge in [0.2, 0.25) is 5.91 Å². The first-order chi connectivity index (χ1) is 9.10. The molecule has 19 heavy (non-hydrogen) atoms. The number of thioether (sulfide) groups is 1. The molecule has 1 aliphatic carbocycles. The Hall–Kier alpha value is -0.750. The van der Waals surface area contributed by atoms with Gasteiger partial charge in [0.25, 0.3) is 0 Å². The summed E-state index contributed by atoms with van der Waals surface area (Å²) in [6, 6.07) is 0. The summed E-state index contributed by atoms with van der Waals surface area (Å²) in [7, 11) is 1.66. The second-order valence-electron chi connectivity index (χ2n) is 4.93. The lowest BCUT2D eigenvalue weighted by atomic mass is 9.82. The van der Waals surface area contributed by atoms with E-state index < -0.39 is 5.97 Å². The molecule has 0 spiro atoms. The van der Waals surface area contributed by atoms with Gasteiger partial charge in [-0.25, -0.2) is 0 Å². The summed E-state index contributed by atoms with van der Waals surface area (Å²) in [6.45, 7) is 1.15. The highest BCUT2D eigenvalue weighted by Gasteiger charge is 2.40. The zero-order chi connectivity index (χ0) is 14.1. The number of amides is 1. The number of carbonyl (C=O) groups excluding carboxylic acids is 1. The van der Waals surface area contributed by atoms with Crippen molar-refractivity contribution in [3.05, 3.63) is 0 Å². The fourth-order valence-corrected chi connectivity index (χ4v) is 3.09. The average molecular weight is 289 g/mol. The van der Waals surface area contributed by atoms with Gasteiger partial charge in [-0.05, 0) is 19.3 Å². The molecule has 6 heteroatoms. The van der Waals surface area contributed by atoms with E-state index in [4.69, 9.17) is 9.84 Å². The second-order valence-corrected chi connectivity index (χ2v) is 6.04. The average Bonchev–Trinajstić information content (AvgIpc) is 2.85. The molecule has 1 rings (SSSR count). The van der Waals surface area contributed by atoms with Gasteiger partial charge in [-0.15, -0.1) is 11.8 Å². The van der Waals surface area contributed by atoms with Gasteiger partial charge in [-0.3, -0.25) is 9.59 Å². The first-order valence-corrected chi connectivity index (χ1v) is 7.83. The Morgan fingerprint density at radius 3 is 2.63 bits per heavy atom. The van der Waals surface area contributed by atoms with E-state index in [1.54, 1.807) is 7.11 Å². The maximum Gasteiger partial charge on any atom is 0.313 e. The number of hydrogen-bond acceptors (Lipinski definition) is 4. The smallest absolute Gasteiger partial charge is 0.313 e. The SMILES string of the molecule is COCCC1(C(=O)NCCSCC(=O)O)CCCC1. The Kier molecular flexibility index (Phi) is 7.23. The number of aliphatic carboxylic acids is 1. The molecule has 1 amide bonds. The highest BCUT2D eigenvalue weighted by molar-refractivity contribution is 7.99. The molecule has 0 heterocycles. The van der Waals surface area contributed by atoms with Crippen molar-refractivity contribution in [2.24, 2.45) is 5.41 Å². The van der Waals surface area contributed by atoms with Crippen LogP contribution in [0.1, 0.15) is 32.1 Å². The third-order valence-corrected chi connectivity index (χ3v) is 4.53. The van der Waals surface area contributed by atoms with Gasteiger partial charge in [0.15, 0.2) is 0 Å². The standard InChI is InChI=1S/C13H23NO4S/c1-18-8-6-13(4-2-3-5-13)12(17)14-7-9-19-10-11(15)16/h2-10H2,1H3,(H,14,17)(H,15,16). The molecule has 0 unspecified atom stereocenters. The fraction of sp³-hybridized carbons (Fsp3) is 0.846.